The van der Waals surface area contributed by atoms with Crippen LogP contribution in [0.2, 0.25) is 0 Å². The van der Waals surface area contributed by atoms with Crippen LogP contribution in [0.15, 0.2) is 11.8 Å². The molecule has 0 aromatic heterocycles. The lowest BCUT2D eigenvalue weighted by molar-refractivity contribution is -0.135. The lowest BCUT2D eigenvalue weighted by Gasteiger charge is -2.59. The van der Waals surface area contributed by atoms with Crippen molar-refractivity contribution in [1.82, 2.24) is 4.90 Å². The van der Waals surface area contributed by atoms with Gasteiger partial charge >= 0.3 is 5.97 Å². The van der Waals surface area contributed by atoms with Gasteiger partial charge in [-0.1, -0.05) is 0 Å². The number of nitriles is 1. The van der Waals surface area contributed by atoms with Gasteiger partial charge in [-0.3, -0.25) is 0 Å². The second-order valence-corrected chi connectivity index (χ2v) is 6.90. The fourth-order valence-electron chi connectivity index (χ4n) is 5.06. The molecule has 0 N–H and O–H groups in total. The predicted molar refractivity (Wildman–Crippen MR) is 74.4 cm³/mol. The highest BCUT2D eigenvalue weighted by Gasteiger charge is 2.52. The second kappa shape index (κ2) is 4.80. The maximum absolute atomic E-state index is 11.6. The second-order valence-electron chi connectivity index (χ2n) is 6.90. The molecule has 0 aromatic carbocycles. The van der Waals surface area contributed by atoms with Crippen molar-refractivity contribution in [2.45, 2.75) is 44.1 Å². The minimum absolute atomic E-state index is 0.103. The number of carbonyl (C=O) groups is 1. The van der Waals surface area contributed by atoms with Crippen molar-refractivity contribution in [3.8, 4) is 6.07 Å². The molecule has 4 heteroatoms. The Bertz CT molecular complexity index is 454. The molecule has 4 aliphatic carbocycles. The van der Waals surface area contributed by atoms with Crippen LogP contribution in [-0.4, -0.2) is 30.6 Å². The van der Waals surface area contributed by atoms with E-state index in [4.69, 9.17) is 5.26 Å². The fourth-order valence-corrected chi connectivity index (χ4v) is 5.06. The third-order valence-corrected chi connectivity index (χ3v) is 5.60. The summed E-state index contributed by atoms with van der Waals surface area (Å²) in [6.45, 7) is 0. The van der Waals surface area contributed by atoms with Crippen LogP contribution in [0, 0.1) is 29.1 Å². The van der Waals surface area contributed by atoms with Gasteiger partial charge in [0.2, 0.25) is 0 Å². The number of ether oxygens (including phenoxy) is 1. The van der Waals surface area contributed by atoms with E-state index in [9.17, 15) is 4.79 Å². The summed E-state index contributed by atoms with van der Waals surface area (Å²) in [4.78, 5) is 13.7. The normalized spacial score (nSPS) is 38.5. The molecule has 0 unspecified atom stereocenters. The molecule has 0 aromatic rings. The van der Waals surface area contributed by atoms with Gasteiger partial charge in [-0.2, -0.15) is 5.26 Å². The zero-order valence-electron chi connectivity index (χ0n) is 12.3. The van der Waals surface area contributed by atoms with Crippen molar-refractivity contribution in [3.63, 3.8) is 0 Å². The first-order valence-corrected chi connectivity index (χ1v) is 7.49. The maximum atomic E-state index is 11.6. The average Bonchev–Trinajstić information content (AvgIpc) is 2.42. The third kappa shape index (κ3) is 2.09. The van der Waals surface area contributed by atoms with Crippen LogP contribution in [0.5, 0.6) is 0 Å². The molecule has 0 spiro atoms. The van der Waals surface area contributed by atoms with E-state index >= 15 is 0 Å². The Kier molecular flexibility index (Phi) is 3.24. The van der Waals surface area contributed by atoms with Crippen molar-refractivity contribution >= 4 is 5.97 Å². The van der Waals surface area contributed by atoms with Crippen LogP contribution in [-0.2, 0) is 9.53 Å². The Balaban J connectivity index is 1.83. The Morgan fingerprint density at radius 1 is 1.25 bits per heavy atom. The summed E-state index contributed by atoms with van der Waals surface area (Å²) in [6.07, 6.45) is 9.51. The number of carbonyl (C=O) groups excluding carboxylic acids is 1. The van der Waals surface area contributed by atoms with Crippen LogP contribution in [0.3, 0.4) is 0 Å². The molecular formula is C16H22N2O2. The van der Waals surface area contributed by atoms with Crippen molar-refractivity contribution in [2.75, 3.05) is 14.2 Å². The molecule has 108 valence electrons. The van der Waals surface area contributed by atoms with Crippen LogP contribution < -0.4 is 0 Å². The van der Waals surface area contributed by atoms with Gasteiger partial charge < -0.3 is 9.64 Å². The van der Waals surface area contributed by atoms with Gasteiger partial charge in [-0.15, -0.1) is 0 Å². The van der Waals surface area contributed by atoms with E-state index in [1.54, 1.807) is 6.20 Å². The number of nitrogens with zero attached hydrogens (tertiary/aromatic N) is 2. The topological polar surface area (TPSA) is 53.3 Å². The smallest absolute Gasteiger partial charge is 0.350 e. The molecule has 0 saturated heterocycles. The number of rotatable bonds is 3. The highest BCUT2D eigenvalue weighted by molar-refractivity contribution is 5.92. The van der Waals surface area contributed by atoms with Gasteiger partial charge in [0.25, 0.3) is 0 Å². The van der Waals surface area contributed by atoms with E-state index in [0.717, 1.165) is 17.8 Å². The Morgan fingerprint density at radius 3 is 2.15 bits per heavy atom. The van der Waals surface area contributed by atoms with Gasteiger partial charge in [0.15, 0.2) is 5.57 Å². The molecule has 4 bridgehead atoms. The summed E-state index contributed by atoms with van der Waals surface area (Å²) in [5, 5.41) is 9.11. The van der Waals surface area contributed by atoms with E-state index in [0.29, 0.717) is 0 Å². The number of hydrogen-bond donors (Lipinski definition) is 0. The molecule has 0 aliphatic heterocycles. The zero-order valence-corrected chi connectivity index (χ0v) is 12.3. The highest BCUT2D eigenvalue weighted by atomic mass is 16.5. The van der Waals surface area contributed by atoms with Crippen LogP contribution in [0.1, 0.15) is 38.5 Å². The van der Waals surface area contributed by atoms with Crippen molar-refractivity contribution in [2.24, 2.45) is 17.8 Å². The quantitative estimate of drug-likeness (QED) is 0.451. The third-order valence-electron chi connectivity index (χ3n) is 5.60. The lowest BCUT2D eigenvalue weighted by Crippen LogP contribution is -2.57. The van der Waals surface area contributed by atoms with Crippen molar-refractivity contribution < 1.29 is 9.53 Å². The fraction of sp³-hybridized carbons (Fsp3) is 0.750. The molecule has 4 fully saturated rings. The van der Waals surface area contributed by atoms with E-state index in [-0.39, 0.29) is 11.1 Å². The predicted octanol–water partition coefficient (Wildman–Crippen LogP) is 2.47. The Labute approximate surface area is 120 Å². The average molecular weight is 274 g/mol. The number of methoxy groups -OCH3 is 1. The summed E-state index contributed by atoms with van der Waals surface area (Å²) in [5.41, 5.74) is 0.274. The summed E-state index contributed by atoms with van der Waals surface area (Å²) in [6, 6.07) is 1.96. The molecule has 4 saturated carbocycles. The van der Waals surface area contributed by atoms with Gasteiger partial charge in [-0.05, 0) is 56.3 Å². The molecule has 0 amide bonds. The molecule has 4 nitrogen and oxygen atoms in total. The Morgan fingerprint density at radius 2 is 1.75 bits per heavy atom. The molecule has 0 heterocycles. The van der Waals surface area contributed by atoms with Gasteiger partial charge in [0.05, 0.1) is 7.11 Å². The van der Waals surface area contributed by atoms with Crippen molar-refractivity contribution in [1.29, 1.82) is 5.26 Å². The molecule has 20 heavy (non-hydrogen) atoms. The van der Waals surface area contributed by atoms with Crippen molar-refractivity contribution in [3.05, 3.63) is 11.8 Å². The molecule has 0 radical (unpaired) electrons. The first-order valence-electron chi connectivity index (χ1n) is 7.49. The van der Waals surface area contributed by atoms with Crippen LogP contribution in [0.4, 0.5) is 0 Å². The number of hydrogen-bond acceptors (Lipinski definition) is 4. The zero-order chi connectivity index (χ0) is 14.3. The summed E-state index contributed by atoms with van der Waals surface area (Å²) in [7, 11) is 3.34. The first-order chi connectivity index (χ1) is 9.56. The molecule has 4 aliphatic rings. The van der Waals surface area contributed by atoms with Gasteiger partial charge in [0.1, 0.15) is 6.07 Å². The van der Waals surface area contributed by atoms with E-state index in [1.165, 1.54) is 45.6 Å². The van der Waals surface area contributed by atoms with Gasteiger partial charge in [0, 0.05) is 18.8 Å². The summed E-state index contributed by atoms with van der Waals surface area (Å²) < 4.78 is 4.67. The summed E-state index contributed by atoms with van der Waals surface area (Å²) >= 11 is 0. The minimum atomic E-state index is -0.538. The molecule has 0 atom stereocenters. The lowest BCUT2D eigenvalue weighted by atomic mass is 9.52. The highest BCUT2D eigenvalue weighted by Crippen LogP contribution is 2.57. The van der Waals surface area contributed by atoms with E-state index < -0.39 is 5.97 Å². The molecule has 4 rings (SSSR count). The molecular weight excluding hydrogens is 252 g/mol. The number of esters is 1. The van der Waals surface area contributed by atoms with E-state index in [2.05, 4.69) is 9.64 Å². The Hall–Kier alpha value is -1.50. The van der Waals surface area contributed by atoms with Gasteiger partial charge in [-0.25, -0.2) is 4.79 Å². The summed E-state index contributed by atoms with van der Waals surface area (Å²) in [5.74, 6) is 2.01. The first kappa shape index (κ1) is 13.5. The van der Waals surface area contributed by atoms with E-state index in [1.807, 2.05) is 13.1 Å². The monoisotopic (exact) mass is 274 g/mol. The van der Waals surface area contributed by atoms with Crippen LogP contribution >= 0.6 is 0 Å². The largest absolute Gasteiger partial charge is 0.465 e. The minimum Gasteiger partial charge on any atom is -0.465 e. The SMILES string of the molecule is COC(=O)/C(C#N)=C/N(C)C12CC3CC(CC(C3)C1)C2. The van der Waals surface area contributed by atoms with Crippen LogP contribution in [0.25, 0.3) is 0 Å². The standard InChI is InChI=1S/C16H22N2O2/c1-18(10-14(9-17)15(19)20-2)16-6-11-3-12(7-16)5-13(4-11)8-16/h10-13H,3-8H2,1-2H3/b14-10+. The maximum Gasteiger partial charge on any atom is 0.350 e.